The van der Waals surface area contributed by atoms with Gasteiger partial charge in [-0.3, -0.25) is 10.1 Å². The summed E-state index contributed by atoms with van der Waals surface area (Å²) in [6.45, 7) is 1.12. The van der Waals surface area contributed by atoms with Crippen molar-refractivity contribution in [3.63, 3.8) is 0 Å². The fraction of sp³-hybridized carbons (Fsp3) is 0.417. The Morgan fingerprint density at radius 2 is 2.00 bits per heavy atom. The van der Waals surface area contributed by atoms with Gasteiger partial charge >= 0.3 is 6.03 Å². The maximum Gasteiger partial charge on any atom is 0.324 e. The van der Waals surface area contributed by atoms with Gasteiger partial charge in [-0.2, -0.15) is 0 Å². The molecular weight excluding hydrogens is 289 g/mol. The molecule has 1 aromatic heterocycles. The molecule has 0 spiro atoms. The van der Waals surface area contributed by atoms with Crippen LogP contribution in [0.25, 0.3) is 0 Å². The van der Waals surface area contributed by atoms with Gasteiger partial charge in [-0.25, -0.2) is 9.78 Å². The number of alkyl halides is 1. The van der Waals surface area contributed by atoms with Crippen LogP contribution >= 0.6 is 23.2 Å². The number of rotatable bonds is 1. The molecule has 102 valence electrons. The number of aromatic nitrogens is 1. The van der Waals surface area contributed by atoms with Crippen LogP contribution in [0.1, 0.15) is 23.2 Å². The van der Waals surface area contributed by atoms with E-state index in [0.29, 0.717) is 23.8 Å². The number of hydrogen-bond acceptors (Lipinski definition) is 3. The number of nitrogens with zero attached hydrogens (tertiary/aromatic N) is 2. The number of urea groups is 1. The monoisotopic (exact) mass is 301 g/mol. The van der Waals surface area contributed by atoms with Gasteiger partial charge in [-0.15, -0.1) is 11.6 Å². The molecule has 0 aliphatic carbocycles. The van der Waals surface area contributed by atoms with E-state index in [-0.39, 0.29) is 5.38 Å². The van der Waals surface area contributed by atoms with E-state index in [1.54, 1.807) is 4.90 Å². The van der Waals surface area contributed by atoms with E-state index < -0.39 is 11.9 Å². The Labute approximate surface area is 120 Å². The molecule has 5 nitrogen and oxygen atoms in total. The first-order chi connectivity index (χ1) is 9.06. The minimum Gasteiger partial charge on any atom is -0.324 e. The molecule has 1 aliphatic heterocycles. The zero-order valence-electron chi connectivity index (χ0n) is 10.1. The van der Waals surface area contributed by atoms with Crippen molar-refractivity contribution in [1.29, 1.82) is 0 Å². The lowest BCUT2D eigenvalue weighted by molar-refractivity contribution is 0.0948. The molecular formula is C12H13Cl2N3O2. The minimum atomic E-state index is -0.484. The SMILES string of the molecule is O=C(NC(=O)N1CCC(Cl)CC1)c1ccc(Cl)nc1. The third kappa shape index (κ3) is 3.81. The maximum atomic E-state index is 11.9. The molecule has 19 heavy (non-hydrogen) atoms. The zero-order chi connectivity index (χ0) is 13.8. The molecule has 1 saturated heterocycles. The Bertz CT molecular complexity index is 470. The van der Waals surface area contributed by atoms with Crippen LogP contribution in [-0.2, 0) is 0 Å². The Kier molecular flexibility index (Phi) is 4.61. The van der Waals surface area contributed by atoms with E-state index in [0.717, 1.165) is 12.8 Å². The predicted molar refractivity (Wildman–Crippen MR) is 72.6 cm³/mol. The zero-order valence-corrected chi connectivity index (χ0v) is 11.6. The molecule has 0 unspecified atom stereocenters. The van der Waals surface area contributed by atoms with Crippen LogP contribution in [-0.4, -0.2) is 40.3 Å². The number of carbonyl (C=O) groups excluding carboxylic acids is 2. The molecule has 2 rings (SSSR count). The summed E-state index contributed by atoms with van der Waals surface area (Å²) in [4.78, 5) is 29.0. The van der Waals surface area contributed by atoms with Gasteiger partial charge in [-0.1, -0.05) is 11.6 Å². The molecule has 3 amide bonds. The lowest BCUT2D eigenvalue weighted by Gasteiger charge is -2.28. The summed E-state index contributed by atoms with van der Waals surface area (Å²) >= 11 is 11.6. The number of nitrogens with one attached hydrogen (secondary N) is 1. The normalized spacial score (nSPS) is 16.2. The van der Waals surface area contributed by atoms with Crippen molar-refractivity contribution in [2.75, 3.05) is 13.1 Å². The van der Waals surface area contributed by atoms with E-state index >= 15 is 0 Å². The van der Waals surface area contributed by atoms with E-state index in [2.05, 4.69) is 10.3 Å². The van der Waals surface area contributed by atoms with Crippen molar-refractivity contribution in [2.45, 2.75) is 18.2 Å². The van der Waals surface area contributed by atoms with Crippen molar-refractivity contribution < 1.29 is 9.59 Å². The van der Waals surface area contributed by atoms with Gasteiger partial charge in [-0.05, 0) is 25.0 Å². The number of pyridine rings is 1. The van der Waals surface area contributed by atoms with Crippen molar-refractivity contribution in [3.8, 4) is 0 Å². The van der Waals surface area contributed by atoms with Crippen LogP contribution in [0.4, 0.5) is 4.79 Å². The first kappa shape index (κ1) is 14.1. The third-order valence-corrected chi connectivity index (χ3v) is 3.58. The number of carbonyl (C=O) groups is 2. The second kappa shape index (κ2) is 6.21. The van der Waals surface area contributed by atoms with Gasteiger partial charge in [0.1, 0.15) is 5.15 Å². The highest BCUT2D eigenvalue weighted by Gasteiger charge is 2.22. The molecule has 1 aliphatic rings. The summed E-state index contributed by atoms with van der Waals surface area (Å²) in [5.74, 6) is -0.484. The highest BCUT2D eigenvalue weighted by atomic mass is 35.5. The summed E-state index contributed by atoms with van der Waals surface area (Å²) in [6, 6.07) is 2.62. The van der Waals surface area contributed by atoms with E-state index in [1.165, 1.54) is 18.3 Å². The van der Waals surface area contributed by atoms with E-state index in [1.807, 2.05) is 0 Å². The van der Waals surface area contributed by atoms with Crippen LogP contribution in [0.2, 0.25) is 5.15 Å². The van der Waals surface area contributed by atoms with Gasteiger partial charge in [0.2, 0.25) is 0 Å². The quantitative estimate of drug-likeness (QED) is 0.639. The van der Waals surface area contributed by atoms with Gasteiger partial charge in [0, 0.05) is 24.7 Å². The summed E-state index contributed by atoms with van der Waals surface area (Å²) in [5, 5.41) is 2.73. The lowest BCUT2D eigenvalue weighted by Crippen LogP contribution is -2.46. The fourth-order valence-corrected chi connectivity index (χ4v) is 2.12. The number of likely N-dealkylation sites (tertiary alicyclic amines) is 1. The molecule has 2 heterocycles. The predicted octanol–water partition coefficient (Wildman–Crippen LogP) is 2.29. The standard InChI is InChI=1S/C12H13Cl2N3O2/c13-9-3-5-17(6-4-9)12(19)16-11(18)8-1-2-10(14)15-7-8/h1-2,7,9H,3-6H2,(H,16,18,19). The number of hydrogen-bond donors (Lipinski definition) is 1. The Morgan fingerprint density at radius 3 is 2.58 bits per heavy atom. The van der Waals surface area contributed by atoms with Crippen LogP contribution in [0, 0.1) is 0 Å². The number of halogens is 2. The number of amides is 3. The van der Waals surface area contributed by atoms with Gasteiger partial charge in [0.15, 0.2) is 0 Å². The molecule has 0 saturated carbocycles. The molecule has 1 aromatic rings. The topological polar surface area (TPSA) is 62.3 Å². The van der Waals surface area contributed by atoms with E-state index in [9.17, 15) is 9.59 Å². The van der Waals surface area contributed by atoms with Crippen LogP contribution in [0.5, 0.6) is 0 Å². The summed E-state index contributed by atoms with van der Waals surface area (Å²) in [5.41, 5.74) is 0.296. The smallest absolute Gasteiger partial charge is 0.324 e. The Balaban J connectivity index is 1.91. The molecule has 1 N–H and O–H groups in total. The summed E-state index contributed by atoms with van der Waals surface area (Å²) in [7, 11) is 0. The first-order valence-electron chi connectivity index (χ1n) is 5.92. The second-order valence-electron chi connectivity index (χ2n) is 4.29. The molecule has 1 fully saturated rings. The largest absolute Gasteiger partial charge is 0.324 e. The molecule has 7 heteroatoms. The molecule has 0 atom stereocenters. The summed E-state index contributed by atoms with van der Waals surface area (Å²) < 4.78 is 0. The third-order valence-electron chi connectivity index (χ3n) is 2.92. The Morgan fingerprint density at radius 1 is 1.32 bits per heavy atom. The maximum absolute atomic E-state index is 11.9. The lowest BCUT2D eigenvalue weighted by atomic mass is 10.1. The van der Waals surface area contributed by atoms with Crippen LogP contribution in [0.15, 0.2) is 18.3 Å². The van der Waals surface area contributed by atoms with Gasteiger partial charge in [0.25, 0.3) is 5.91 Å². The average Bonchev–Trinajstić information content (AvgIpc) is 2.40. The summed E-state index contributed by atoms with van der Waals surface area (Å²) in [6.07, 6.45) is 2.81. The highest BCUT2D eigenvalue weighted by molar-refractivity contribution is 6.29. The van der Waals surface area contributed by atoms with Crippen molar-refractivity contribution in [2.24, 2.45) is 0 Å². The average molecular weight is 302 g/mol. The molecule has 0 radical (unpaired) electrons. The van der Waals surface area contributed by atoms with Crippen molar-refractivity contribution in [1.82, 2.24) is 15.2 Å². The van der Waals surface area contributed by atoms with E-state index in [4.69, 9.17) is 23.2 Å². The fourth-order valence-electron chi connectivity index (χ4n) is 1.81. The number of imide groups is 1. The highest BCUT2D eigenvalue weighted by Crippen LogP contribution is 2.15. The second-order valence-corrected chi connectivity index (χ2v) is 5.30. The van der Waals surface area contributed by atoms with Crippen LogP contribution < -0.4 is 5.32 Å². The first-order valence-corrected chi connectivity index (χ1v) is 6.73. The van der Waals surface area contributed by atoms with Crippen molar-refractivity contribution in [3.05, 3.63) is 29.0 Å². The van der Waals surface area contributed by atoms with Crippen LogP contribution in [0.3, 0.4) is 0 Å². The van der Waals surface area contributed by atoms with Gasteiger partial charge < -0.3 is 4.90 Å². The number of piperidine rings is 1. The molecule has 0 bridgehead atoms. The Hall–Kier alpha value is -1.33. The molecule has 0 aromatic carbocycles. The van der Waals surface area contributed by atoms with Gasteiger partial charge in [0.05, 0.1) is 5.56 Å². The minimum absolute atomic E-state index is 0.111. The van der Waals surface area contributed by atoms with Crippen molar-refractivity contribution >= 4 is 35.1 Å².